The molecule has 1 aliphatic rings. The monoisotopic (exact) mass is 288 g/mol. The summed E-state index contributed by atoms with van der Waals surface area (Å²) < 4.78 is 35.8. The zero-order chi connectivity index (χ0) is 13.9. The lowest BCUT2D eigenvalue weighted by molar-refractivity contribution is 0.0520. The number of morpholine rings is 1. The van der Waals surface area contributed by atoms with Gasteiger partial charge in [0.15, 0.2) is 0 Å². The van der Waals surface area contributed by atoms with E-state index in [4.69, 9.17) is 9.47 Å². The normalized spacial score (nSPS) is 17.3. The van der Waals surface area contributed by atoms with E-state index in [0.717, 1.165) is 0 Å². The molecule has 0 spiro atoms. The molecule has 0 amide bonds. The van der Waals surface area contributed by atoms with E-state index in [-0.39, 0.29) is 17.2 Å². The van der Waals surface area contributed by atoms with Crippen molar-refractivity contribution < 1.29 is 22.7 Å². The Hall–Kier alpha value is -1.38. The maximum atomic E-state index is 12.3. The Bertz CT molecular complexity index is 545. The molecule has 0 atom stereocenters. The van der Waals surface area contributed by atoms with E-state index >= 15 is 0 Å². The molecule has 0 unspecified atom stereocenters. The van der Waals surface area contributed by atoms with Crippen LogP contribution < -0.4 is 0 Å². The molecular formula is C11H16N2O5S. The fourth-order valence-corrected chi connectivity index (χ4v) is 3.19. The summed E-state index contributed by atoms with van der Waals surface area (Å²) in [6.45, 7) is 3.34. The van der Waals surface area contributed by atoms with Crippen molar-refractivity contribution in [1.82, 2.24) is 9.29 Å². The smallest absolute Gasteiger partial charge is 0.354 e. The quantitative estimate of drug-likeness (QED) is 0.800. The average molecular weight is 288 g/mol. The molecular weight excluding hydrogens is 272 g/mol. The van der Waals surface area contributed by atoms with Crippen molar-refractivity contribution in [3.63, 3.8) is 0 Å². The van der Waals surface area contributed by atoms with Crippen LogP contribution in [0.4, 0.5) is 0 Å². The van der Waals surface area contributed by atoms with E-state index in [1.807, 2.05) is 0 Å². The lowest BCUT2D eigenvalue weighted by Crippen LogP contribution is -2.40. The van der Waals surface area contributed by atoms with Gasteiger partial charge in [-0.2, -0.15) is 4.31 Å². The maximum Gasteiger partial charge on any atom is 0.354 e. The fourth-order valence-electron chi connectivity index (χ4n) is 1.79. The molecule has 1 aromatic heterocycles. The first-order chi connectivity index (χ1) is 9.05. The number of nitrogens with zero attached hydrogens (tertiary/aromatic N) is 1. The Morgan fingerprint density at radius 3 is 2.79 bits per heavy atom. The number of sulfonamides is 1. The van der Waals surface area contributed by atoms with Crippen LogP contribution in [0.2, 0.25) is 0 Å². The number of rotatable bonds is 4. The number of carbonyl (C=O) groups is 1. The van der Waals surface area contributed by atoms with Gasteiger partial charge in [0.05, 0.1) is 19.8 Å². The zero-order valence-corrected chi connectivity index (χ0v) is 11.4. The highest BCUT2D eigenvalue weighted by Gasteiger charge is 2.28. The predicted octanol–water partition coefficient (Wildman–Crippen LogP) is 0.212. The molecule has 1 saturated heterocycles. The Kier molecular flexibility index (Phi) is 4.23. The second-order valence-corrected chi connectivity index (χ2v) is 5.92. The summed E-state index contributed by atoms with van der Waals surface area (Å²) in [5, 5.41) is 0. The van der Waals surface area contributed by atoms with Crippen LogP contribution in [0.3, 0.4) is 0 Å². The van der Waals surface area contributed by atoms with Crippen LogP contribution in [0.25, 0.3) is 0 Å². The molecule has 0 bridgehead atoms. The van der Waals surface area contributed by atoms with Gasteiger partial charge in [0, 0.05) is 19.3 Å². The molecule has 1 aromatic rings. The van der Waals surface area contributed by atoms with Crippen LogP contribution >= 0.6 is 0 Å². The Balaban J connectivity index is 2.19. The highest BCUT2D eigenvalue weighted by atomic mass is 32.2. The Morgan fingerprint density at radius 2 is 2.16 bits per heavy atom. The first-order valence-corrected chi connectivity index (χ1v) is 7.43. The minimum absolute atomic E-state index is 0.0671. The standard InChI is InChI=1S/C11H16N2O5S/c1-2-18-11(14)10-7-9(8-12-10)19(15,16)13-3-5-17-6-4-13/h7-8,12H,2-6H2,1H3. The second-order valence-electron chi connectivity index (χ2n) is 3.99. The van der Waals surface area contributed by atoms with Crippen LogP contribution in [0.1, 0.15) is 17.4 Å². The Labute approximate surface area is 111 Å². The molecule has 19 heavy (non-hydrogen) atoms. The lowest BCUT2D eigenvalue weighted by Gasteiger charge is -2.25. The molecule has 2 rings (SSSR count). The summed E-state index contributed by atoms with van der Waals surface area (Å²) in [7, 11) is -3.58. The number of hydrogen-bond acceptors (Lipinski definition) is 5. The van der Waals surface area contributed by atoms with Gasteiger partial charge in [0.2, 0.25) is 10.0 Å². The van der Waals surface area contributed by atoms with Crippen molar-refractivity contribution in [2.45, 2.75) is 11.8 Å². The van der Waals surface area contributed by atoms with E-state index in [2.05, 4.69) is 4.98 Å². The van der Waals surface area contributed by atoms with E-state index in [1.165, 1.54) is 16.6 Å². The van der Waals surface area contributed by atoms with Crippen LogP contribution in [-0.4, -0.2) is 56.6 Å². The summed E-state index contributed by atoms with van der Waals surface area (Å²) in [5.41, 5.74) is 0.133. The van der Waals surface area contributed by atoms with Crippen molar-refractivity contribution in [2.75, 3.05) is 32.9 Å². The van der Waals surface area contributed by atoms with Crippen molar-refractivity contribution in [3.05, 3.63) is 18.0 Å². The fraction of sp³-hybridized carbons (Fsp3) is 0.545. The molecule has 2 heterocycles. The summed E-state index contributed by atoms with van der Waals surface area (Å²) in [6.07, 6.45) is 1.30. The lowest BCUT2D eigenvalue weighted by atomic mass is 10.4. The van der Waals surface area contributed by atoms with Gasteiger partial charge in [-0.25, -0.2) is 13.2 Å². The summed E-state index contributed by atoms with van der Waals surface area (Å²) in [5.74, 6) is -0.564. The third-order valence-corrected chi connectivity index (χ3v) is 4.64. The van der Waals surface area contributed by atoms with Crippen molar-refractivity contribution in [1.29, 1.82) is 0 Å². The number of ether oxygens (including phenoxy) is 2. The first kappa shape index (κ1) is 14.0. The van der Waals surface area contributed by atoms with Crippen LogP contribution in [0, 0.1) is 0 Å². The average Bonchev–Trinajstić information content (AvgIpc) is 2.90. The number of aromatic amines is 1. The third-order valence-electron chi connectivity index (χ3n) is 2.76. The number of carbonyl (C=O) groups excluding carboxylic acids is 1. The van der Waals surface area contributed by atoms with Gasteiger partial charge in [0.1, 0.15) is 10.6 Å². The molecule has 8 heteroatoms. The van der Waals surface area contributed by atoms with Crippen molar-refractivity contribution >= 4 is 16.0 Å². The van der Waals surface area contributed by atoms with Crippen LogP contribution in [-0.2, 0) is 19.5 Å². The predicted molar refractivity (Wildman–Crippen MR) is 66.3 cm³/mol. The molecule has 1 N–H and O–H groups in total. The summed E-state index contributed by atoms with van der Waals surface area (Å²) in [6, 6.07) is 1.29. The first-order valence-electron chi connectivity index (χ1n) is 5.99. The van der Waals surface area contributed by atoms with E-state index in [0.29, 0.717) is 26.3 Å². The van der Waals surface area contributed by atoms with E-state index < -0.39 is 16.0 Å². The second kappa shape index (κ2) is 5.72. The van der Waals surface area contributed by atoms with Gasteiger partial charge in [0.25, 0.3) is 0 Å². The largest absolute Gasteiger partial charge is 0.461 e. The summed E-state index contributed by atoms with van der Waals surface area (Å²) >= 11 is 0. The topological polar surface area (TPSA) is 88.7 Å². The van der Waals surface area contributed by atoms with Crippen molar-refractivity contribution in [2.24, 2.45) is 0 Å². The van der Waals surface area contributed by atoms with E-state index in [9.17, 15) is 13.2 Å². The maximum absolute atomic E-state index is 12.3. The van der Waals surface area contributed by atoms with Crippen molar-refractivity contribution in [3.8, 4) is 0 Å². The number of H-pyrrole nitrogens is 1. The number of aromatic nitrogens is 1. The van der Waals surface area contributed by atoms with Crippen LogP contribution in [0.5, 0.6) is 0 Å². The van der Waals surface area contributed by atoms with Gasteiger partial charge >= 0.3 is 5.97 Å². The Morgan fingerprint density at radius 1 is 1.47 bits per heavy atom. The van der Waals surface area contributed by atoms with Gasteiger partial charge in [-0.1, -0.05) is 0 Å². The zero-order valence-electron chi connectivity index (χ0n) is 10.6. The minimum Gasteiger partial charge on any atom is -0.461 e. The number of nitrogens with one attached hydrogen (secondary N) is 1. The molecule has 0 radical (unpaired) electrons. The molecule has 1 aliphatic heterocycles. The summed E-state index contributed by atoms with van der Waals surface area (Å²) in [4.78, 5) is 14.2. The molecule has 106 valence electrons. The van der Waals surface area contributed by atoms with Gasteiger partial charge in [-0.05, 0) is 13.0 Å². The van der Waals surface area contributed by atoms with Crippen LogP contribution in [0.15, 0.2) is 17.2 Å². The SMILES string of the molecule is CCOC(=O)c1cc(S(=O)(=O)N2CCOCC2)c[nH]1. The molecule has 0 aromatic carbocycles. The molecule has 7 nitrogen and oxygen atoms in total. The highest BCUT2D eigenvalue weighted by Crippen LogP contribution is 2.18. The third kappa shape index (κ3) is 2.96. The van der Waals surface area contributed by atoms with Gasteiger partial charge in [-0.3, -0.25) is 0 Å². The van der Waals surface area contributed by atoms with E-state index in [1.54, 1.807) is 6.92 Å². The molecule has 1 fully saturated rings. The molecule has 0 saturated carbocycles. The number of esters is 1. The number of hydrogen-bond donors (Lipinski definition) is 1. The van der Waals surface area contributed by atoms with Gasteiger partial charge in [-0.15, -0.1) is 0 Å². The van der Waals surface area contributed by atoms with Gasteiger partial charge < -0.3 is 14.5 Å². The molecule has 0 aliphatic carbocycles. The minimum atomic E-state index is -3.58. The highest BCUT2D eigenvalue weighted by molar-refractivity contribution is 7.89.